The van der Waals surface area contributed by atoms with E-state index in [1.165, 1.54) is 6.07 Å². The lowest BCUT2D eigenvalue weighted by Gasteiger charge is -2.30. The first kappa shape index (κ1) is 11.5. The van der Waals surface area contributed by atoms with Gasteiger partial charge in [-0.3, -0.25) is 4.99 Å². The van der Waals surface area contributed by atoms with Gasteiger partial charge in [0.15, 0.2) is 5.96 Å². The Morgan fingerprint density at radius 2 is 2.22 bits per heavy atom. The van der Waals surface area contributed by atoms with Crippen LogP contribution in [0.4, 0.5) is 10.1 Å². The molecular formula is C13H16FN3O. The topological polar surface area (TPSA) is 50.9 Å². The van der Waals surface area contributed by atoms with Crippen molar-refractivity contribution in [3.63, 3.8) is 0 Å². The number of anilines is 1. The molecule has 4 nitrogen and oxygen atoms in total. The summed E-state index contributed by atoms with van der Waals surface area (Å²) < 4.78 is 19.6. The predicted molar refractivity (Wildman–Crippen MR) is 68.1 cm³/mol. The number of hydrogen-bond donors (Lipinski definition) is 1. The average Bonchev–Trinajstić information content (AvgIpc) is 2.99. The summed E-state index contributed by atoms with van der Waals surface area (Å²) in [6, 6.07) is 6.66. The molecule has 0 bridgehead atoms. The van der Waals surface area contributed by atoms with Crippen LogP contribution in [0.5, 0.6) is 0 Å². The number of para-hydroxylation sites is 1. The molecule has 0 amide bonds. The number of benzene rings is 1. The lowest BCUT2D eigenvalue weighted by molar-refractivity contribution is 0.0946. The van der Waals surface area contributed by atoms with Gasteiger partial charge in [-0.1, -0.05) is 12.1 Å². The Morgan fingerprint density at radius 1 is 1.39 bits per heavy atom. The Morgan fingerprint density at radius 3 is 2.94 bits per heavy atom. The van der Waals surface area contributed by atoms with Crippen molar-refractivity contribution >= 4 is 11.6 Å². The summed E-state index contributed by atoms with van der Waals surface area (Å²) in [6.45, 7) is 1.34. The number of ether oxygens (including phenoxy) is 1. The second kappa shape index (κ2) is 4.57. The minimum absolute atomic E-state index is 0.0180. The largest absolute Gasteiger partial charge is 0.376 e. The summed E-state index contributed by atoms with van der Waals surface area (Å²) in [7, 11) is 0. The summed E-state index contributed by atoms with van der Waals surface area (Å²) in [5.41, 5.74) is 6.37. The van der Waals surface area contributed by atoms with Crippen LogP contribution in [0.2, 0.25) is 0 Å². The van der Waals surface area contributed by atoms with E-state index in [2.05, 4.69) is 4.99 Å². The van der Waals surface area contributed by atoms with Gasteiger partial charge in [0.1, 0.15) is 5.82 Å². The van der Waals surface area contributed by atoms with E-state index in [9.17, 15) is 4.39 Å². The first-order chi connectivity index (χ1) is 8.77. The van der Waals surface area contributed by atoms with E-state index in [-0.39, 0.29) is 18.0 Å². The van der Waals surface area contributed by atoms with Crippen molar-refractivity contribution in [2.75, 3.05) is 18.1 Å². The number of aliphatic imine (C=N–C) groups is 1. The number of hydrogen-bond acceptors (Lipinski definition) is 4. The van der Waals surface area contributed by atoms with Gasteiger partial charge in [-0.25, -0.2) is 4.39 Å². The smallest absolute Gasteiger partial charge is 0.196 e. The third kappa shape index (κ3) is 1.84. The number of nitrogens with zero attached hydrogens (tertiary/aromatic N) is 2. The molecule has 0 aliphatic carbocycles. The van der Waals surface area contributed by atoms with Gasteiger partial charge in [0.05, 0.1) is 24.4 Å². The molecule has 2 aliphatic rings. The van der Waals surface area contributed by atoms with E-state index in [1.807, 2.05) is 0 Å². The van der Waals surface area contributed by atoms with E-state index in [0.717, 1.165) is 19.4 Å². The molecule has 1 aromatic carbocycles. The molecule has 0 radical (unpaired) electrons. The highest BCUT2D eigenvalue weighted by Gasteiger charge is 2.37. The minimum atomic E-state index is -0.277. The van der Waals surface area contributed by atoms with Gasteiger partial charge in [0.25, 0.3) is 0 Å². The number of nitrogens with two attached hydrogens (primary N) is 1. The van der Waals surface area contributed by atoms with Crippen LogP contribution >= 0.6 is 0 Å². The number of rotatable bonds is 2. The summed E-state index contributed by atoms with van der Waals surface area (Å²) in [5.74, 6) is 0.0983. The molecule has 0 spiro atoms. The second-order valence-electron chi connectivity index (χ2n) is 4.64. The number of guanidine groups is 1. The fourth-order valence-electron chi connectivity index (χ4n) is 2.65. The third-order valence-corrected chi connectivity index (χ3v) is 3.52. The molecule has 1 saturated heterocycles. The van der Waals surface area contributed by atoms with E-state index < -0.39 is 0 Å². The molecular weight excluding hydrogens is 233 g/mol. The van der Waals surface area contributed by atoms with Crippen molar-refractivity contribution in [2.24, 2.45) is 10.7 Å². The third-order valence-electron chi connectivity index (χ3n) is 3.52. The zero-order chi connectivity index (χ0) is 12.5. The zero-order valence-corrected chi connectivity index (χ0v) is 10.1. The monoisotopic (exact) mass is 249 g/mol. The molecule has 18 heavy (non-hydrogen) atoms. The van der Waals surface area contributed by atoms with Gasteiger partial charge < -0.3 is 15.4 Å². The van der Waals surface area contributed by atoms with Crippen LogP contribution in [0.15, 0.2) is 29.3 Å². The standard InChI is InChI=1S/C13H16FN3O/c14-9-4-1-2-5-10(9)17-11(8-16-13(17)15)12-6-3-7-18-12/h1-2,4-5,11-12H,3,6-8H2,(H2,15,16). The summed E-state index contributed by atoms with van der Waals surface area (Å²) in [5, 5.41) is 0. The molecule has 2 heterocycles. The molecule has 1 fully saturated rings. The van der Waals surface area contributed by atoms with Crippen LogP contribution in [0.25, 0.3) is 0 Å². The van der Waals surface area contributed by atoms with E-state index >= 15 is 0 Å². The molecule has 2 atom stereocenters. The van der Waals surface area contributed by atoms with E-state index in [4.69, 9.17) is 10.5 Å². The molecule has 96 valence electrons. The molecule has 1 aromatic rings. The van der Waals surface area contributed by atoms with E-state index in [1.54, 1.807) is 23.1 Å². The predicted octanol–water partition coefficient (Wildman–Crippen LogP) is 1.51. The highest BCUT2D eigenvalue weighted by molar-refractivity contribution is 5.97. The Labute approximate surface area is 105 Å². The van der Waals surface area contributed by atoms with Crippen molar-refractivity contribution in [1.82, 2.24) is 0 Å². The van der Waals surface area contributed by atoms with Gasteiger partial charge >= 0.3 is 0 Å². The van der Waals surface area contributed by atoms with Crippen LogP contribution < -0.4 is 10.6 Å². The molecule has 2 aliphatic heterocycles. The highest BCUT2D eigenvalue weighted by atomic mass is 19.1. The van der Waals surface area contributed by atoms with Crippen molar-refractivity contribution in [3.8, 4) is 0 Å². The Bertz CT molecular complexity index is 471. The van der Waals surface area contributed by atoms with Gasteiger partial charge in [0, 0.05) is 6.61 Å². The Hall–Kier alpha value is -1.62. The summed E-state index contributed by atoms with van der Waals surface area (Å²) in [6.07, 6.45) is 2.12. The molecule has 0 aromatic heterocycles. The van der Waals surface area contributed by atoms with Crippen molar-refractivity contribution in [2.45, 2.75) is 25.0 Å². The zero-order valence-electron chi connectivity index (χ0n) is 10.1. The van der Waals surface area contributed by atoms with Crippen LogP contribution in [0.3, 0.4) is 0 Å². The van der Waals surface area contributed by atoms with Crippen molar-refractivity contribution in [3.05, 3.63) is 30.1 Å². The average molecular weight is 249 g/mol. The normalized spacial score (nSPS) is 27.6. The molecule has 5 heteroatoms. The van der Waals surface area contributed by atoms with Gasteiger partial charge in [-0.2, -0.15) is 0 Å². The van der Waals surface area contributed by atoms with Crippen molar-refractivity contribution < 1.29 is 9.13 Å². The quantitative estimate of drug-likeness (QED) is 0.864. The minimum Gasteiger partial charge on any atom is -0.376 e. The summed E-state index contributed by atoms with van der Waals surface area (Å²) in [4.78, 5) is 6.00. The van der Waals surface area contributed by atoms with E-state index in [0.29, 0.717) is 18.2 Å². The lowest BCUT2D eigenvalue weighted by atomic mass is 10.1. The number of halogens is 1. The molecule has 2 unspecified atom stereocenters. The first-order valence-corrected chi connectivity index (χ1v) is 6.22. The second-order valence-corrected chi connectivity index (χ2v) is 4.64. The lowest BCUT2D eigenvalue weighted by Crippen LogP contribution is -2.47. The fourth-order valence-corrected chi connectivity index (χ4v) is 2.65. The maximum atomic E-state index is 13.9. The first-order valence-electron chi connectivity index (χ1n) is 6.22. The van der Waals surface area contributed by atoms with Crippen LogP contribution in [-0.2, 0) is 4.74 Å². The van der Waals surface area contributed by atoms with Gasteiger partial charge in [-0.15, -0.1) is 0 Å². The van der Waals surface area contributed by atoms with Crippen LogP contribution in [0.1, 0.15) is 12.8 Å². The highest BCUT2D eigenvalue weighted by Crippen LogP contribution is 2.29. The van der Waals surface area contributed by atoms with Gasteiger partial charge in [-0.05, 0) is 25.0 Å². The SMILES string of the molecule is NC1=NCC(C2CCCO2)N1c1ccccc1F. The molecule has 3 rings (SSSR count). The van der Waals surface area contributed by atoms with Crippen molar-refractivity contribution in [1.29, 1.82) is 0 Å². The van der Waals surface area contributed by atoms with Gasteiger partial charge in [0.2, 0.25) is 0 Å². The molecule has 2 N–H and O–H groups in total. The maximum Gasteiger partial charge on any atom is 0.196 e. The fraction of sp³-hybridized carbons (Fsp3) is 0.462. The van der Waals surface area contributed by atoms with Crippen LogP contribution in [-0.4, -0.2) is 31.3 Å². The van der Waals surface area contributed by atoms with Crippen LogP contribution in [0, 0.1) is 5.82 Å². The molecule has 0 saturated carbocycles. The maximum absolute atomic E-state index is 13.9. The Balaban J connectivity index is 1.92. The Kier molecular flexibility index (Phi) is 2.91. The summed E-state index contributed by atoms with van der Waals surface area (Å²) >= 11 is 0.